The van der Waals surface area contributed by atoms with Crippen LogP contribution in [0.2, 0.25) is 0 Å². The molecule has 0 aliphatic rings. The quantitative estimate of drug-likeness (QED) is 0.724. The first-order chi connectivity index (χ1) is 7.22. The molecule has 2 aromatic rings. The lowest BCUT2D eigenvalue weighted by Gasteiger charge is -1.91. The fourth-order valence-electron chi connectivity index (χ4n) is 1.52. The van der Waals surface area contributed by atoms with Crippen LogP contribution in [0, 0.1) is 5.82 Å². The maximum Gasteiger partial charge on any atom is 0.132 e. The fraction of sp³-hybridized carbons (Fsp3) is 0.0833. The first-order valence-corrected chi connectivity index (χ1v) is 4.65. The molecule has 3 heteroatoms. The van der Waals surface area contributed by atoms with Crippen LogP contribution in [0.3, 0.4) is 0 Å². The number of nitrogens with zero attached hydrogens (tertiary/aromatic N) is 1. The van der Waals surface area contributed by atoms with Crippen molar-refractivity contribution in [3.05, 3.63) is 48.6 Å². The van der Waals surface area contributed by atoms with Gasteiger partial charge < -0.3 is 4.98 Å². The second-order valence-electron chi connectivity index (χ2n) is 3.28. The normalized spacial score (nSPS) is 12.0. The number of aromatic amines is 1. The number of aliphatic imine (C=N–C) groups is 1. The molecule has 2 nitrogen and oxygen atoms in total. The molecule has 15 heavy (non-hydrogen) atoms. The number of aromatic nitrogens is 1. The van der Waals surface area contributed by atoms with Gasteiger partial charge in [-0.15, -0.1) is 0 Å². The Hall–Kier alpha value is -1.90. The molecular formula is C12H11FN2. The first-order valence-electron chi connectivity index (χ1n) is 4.65. The predicted octanol–water partition coefficient (Wildman–Crippen LogP) is 3.26. The van der Waals surface area contributed by atoms with E-state index in [0.29, 0.717) is 5.39 Å². The average molecular weight is 202 g/mol. The summed E-state index contributed by atoms with van der Waals surface area (Å²) < 4.78 is 13.4. The number of nitrogens with one attached hydrogen (secondary N) is 1. The third kappa shape index (κ3) is 1.68. The van der Waals surface area contributed by atoms with E-state index in [-0.39, 0.29) is 5.82 Å². The molecule has 0 saturated carbocycles. The van der Waals surface area contributed by atoms with E-state index >= 15 is 0 Å². The Morgan fingerprint density at radius 3 is 3.00 bits per heavy atom. The van der Waals surface area contributed by atoms with Gasteiger partial charge in [-0.25, -0.2) is 4.39 Å². The van der Waals surface area contributed by atoms with Gasteiger partial charge >= 0.3 is 0 Å². The molecule has 76 valence electrons. The zero-order chi connectivity index (χ0) is 10.8. The molecule has 0 fully saturated rings. The highest BCUT2D eigenvalue weighted by atomic mass is 19.1. The first kappa shape index (κ1) is 9.65. The Morgan fingerprint density at radius 2 is 2.33 bits per heavy atom. The van der Waals surface area contributed by atoms with Crippen molar-refractivity contribution in [3.63, 3.8) is 0 Å². The molecule has 0 amide bonds. The van der Waals surface area contributed by atoms with Crippen LogP contribution in [0.15, 0.2) is 42.0 Å². The number of rotatable bonds is 2. The zero-order valence-corrected chi connectivity index (χ0v) is 8.42. The molecule has 1 N–H and O–H groups in total. The minimum atomic E-state index is -0.221. The van der Waals surface area contributed by atoms with E-state index in [1.54, 1.807) is 12.1 Å². The van der Waals surface area contributed by atoms with Crippen LogP contribution < -0.4 is 0 Å². The second kappa shape index (κ2) is 3.69. The van der Waals surface area contributed by atoms with E-state index in [0.717, 1.165) is 16.9 Å². The number of benzene rings is 1. The SMILES string of the molecule is C=CN=C(C)c1cc2c(F)cccc2[nH]1. The predicted molar refractivity (Wildman–Crippen MR) is 60.7 cm³/mol. The molecule has 2 rings (SSSR count). The maximum absolute atomic E-state index is 13.4. The van der Waals surface area contributed by atoms with Crippen LogP contribution in [-0.4, -0.2) is 10.7 Å². The van der Waals surface area contributed by atoms with Crippen molar-refractivity contribution in [1.29, 1.82) is 0 Å². The molecule has 0 radical (unpaired) electrons. The van der Waals surface area contributed by atoms with Crippen molar-refractivity contribution >= 4 is 16.6 Å². The molecule has 0 aliphatic carbocycles. The van der Waals surface area contributed by atoms with Gasteiger partial charge in [0, 0.05) is 17.1 Å². The van der Waals surface area contributed by atoms with E-state index in [1.165, 1.54) is 12.3 Å². The number of hydrogen-bond acceptors (Lipinski definition) is 1. The summed E-state index contributed by atoms with van der Waals surface area (Å²) in [4.78, 5) is 7.15. The van der Waals surface area contributed by atoms with Gasteiger partial charge in [-0.05, 0) is 25.1 Å². The summed E-state index contributed by atoms with van der Waals surface area (Å²) in [6, 6.07) is 6.72. The van der Waals surface area contributed by atoms with E-state index in [1.807, 2.05) is 13.0 Å². The Morgan fingerprint density at radius 1 is 1.53 bits per heavy atom. The van der Waals surface area contributed by atoms with Crippen LogP contribution in [-0.2, 0) is 0 Å². The Labute approximate surface area is 87.2 Å². The van der Waals surface area contributed by atoms with Crippen LogP contribution in [0.5, 0.6) is 0 Å². The van der Waals surface area contributed by atoms with E-state index < -0.39 is 0 Å². The average Bonchev–Trinajstić information content (AvgIpc) is 2.63. The van der Waals surface area contributed by atoms with Gasteiger partial charge in [0.2, 0.25) is 0 Å². The van der Waals surface area contributed by atoms with Crippen LogP contribution in [0.4, 0.5) is 4.39 Å². The standard InChI is InChI=1S/C12H11FN2/c1-3-14-8(2)12-7-9-10(13)5-4-6-11(9)15-12/h3-7,15H,1H2,2H3. The van der Waals surface area contributed by atoms with E-state index in [9.17, 15) is 4.39 Å². The highest BCUT2D eigenvalue weighted by Crippen LogP contribution is 2.18. The second-order valence-corrected chi connectivity index (χ2v) is 3.28. The topological polar surface area (TPSA) is 28.1 Å². The Bertz CT molecular complexity index is 538. The maximum atomic E-state index is 13.4. The minimum Gasteiger partial charge on any atom is -0.353 e. The van der Waals surface area contributed by atoms with Gasteiger partial charge in [-0.2, -0.15) is 0 Å². The molecule has 0 aliphatic heterocycles. The smallest absolute Gasteiger partial charge is 0.132 e. The van der Waals surface area contributed by atoms with Crippen molar-refractivity contribution < 1.29 is 4.39 Å². The van der Waals surface area contributed by atoms with Crippen molar-refractivity contribution in [2.75, 3.05) is 0 Å². The molecule has 0 bridgehead atoms. The number of fused-ring (bicyclic) bond motifs is 1. The molecule has 1 aromatic carbocycles. The molecule has 0 saturated heterocycles. The minimum absolute atomic E-state index is 0.221. The number of H-pyrrole nitrogens is 1. The number of halogens is 1. The van der Waals surface area contributed by atoms with Crippen molar-refractivity contribution in [3.8, 4) is 0 Å². The third-order valence-electron chi connectivity index (χ3n) is 2.29. The highest BCUT2D eigenvalue weighted by molar-refractivity contribution is 6.01. The van der Waals surface area contributed by atoms with Gasteiger partial charge in [0.25, 0.3) is 0 Å². The lowest BCUT2D eigenvalue weighted by atomic mass is 10.2. The van der Waals surface area contributed by atoms with Gasteiger partial charge in [-0.3, -0.25) is 4.99 Å². The largest absolute Gasteiger partial charge is 0.353 e. The highest BCUT2D eigenvalue weighted by Gasteiger charge is 2.06. The lowest BCUT2D eigenvalue weighted by Crippen LogP contribution is -1.92. The van der Waals surface area contributed by atoms with Crippen LogP contribution >= 0.6 is 0 Å². The Kier molecular flexibility index (Phi) is 2.37. The lowest BCUT2D eigenvalue weighted by molar-refractivity contribution is 0.640. The fourth-order valence-corrected chi connectivity index (χ4v) is 1.52. The summed E-state index contributed by atoms with van der Waals surface area (Å²) in [6.45, 7) is 5.37. The van der Waals surface area contributed by atoms with Gasteiger partial charge in [0.15, 0.2) is 0 Å². The molecule has 0 spiro atoms. The van der Waals surface area contributed by atoms with Crippen molar-refractivity contribution in [2.45, 2.75) is 6.92 Å². The summed E-state index contributed by atoms with van der Waals surface area (Å²) in [7, 11) is 0. The van der Waals surface area contributed by atoms with Gasteiger partial charge in [0.1, 0.15) is 5.82 Å². The van der Waals surface area contributed by atoms with Crippen molar-refractivity contribution in [1.82, 2.24) is 4.98 Å². The molecule has 1 aromatic heterocycles. The summed E-state index contributed by atoms with van der Waals surface area (Å²) in [6.07, 6.45) is 1.47. The van der Waals surface area contributed by atoms with Crippen LogP contribution in [0.25, 0.3) is 10.9 Å². The summed E-state index contributed by atoms with van der Waals surface area (Å²) in [5.74, 6) is -0.221. The zero-order valence-electron chi connectivity index (χ0n) is 8.42. The third-order valence-corrected chi connectivity index (χ3v) is 2.29. The van der Waals surface area contributed by atoms with Crippen molar-refractivity contribution in [2.24, 2.45) is 4.99 Å². The molecule has 0 atom stereocenters. The monoisotopic (exact) mass is 202 g/mol. The van der Waals surface area contributed by atoms with E-state index in [2.05, 4.69) is 16.6 Å². The molecule has 1 heterocycles. The van der Waals surface area contributed by atoms with Gasteiger partial charge in [-0.1, -0.05) is 12.6 Å². The molecular weight excluding hydrogens is 191 g/mol. The molecule has 0 unspecified atom stereocenters. The summed E-state index contributed by atoms with van der Waals surface area (Å²) in [5, 5.41) is 0.589. The van der Waals surface area contributed by atoms with E-state index in [4.69, 9.17) is 0 Å². The summed E-state index contributed by atoms with van der Waals surface area (Å²) in [5.41, 5.74) is 2.39. The Balaban J connectivity index is 2.61. The van der Waals surface area contributed by atoms with Crippen LogP contribution in [0.1, 0.15) is 12.6 Å². The number of hydrogen-bond donors (Lipinski definition) is 1. The van der Waals surface area contributed by atoms with Gasteiger partial charge in [0.05, 0.1) is 11.4 Å². The summed E-state index contributed by atoms with van der Waals surface area (Å²) >= 11 is 0.